The van der Waals surface area contributed by atoms with Gasteiger partial charge in [0.25, 0.3) is 10.0 Å². The average Bonchev–Trinajstić information content (AvgIpc) is 2.69. The monoisotopic (exact) mass is 418 g/mol. The van der Waals surface area contributed by atoms with Crippen molar-refractivity contribution in [3.05, 3.63) is 66.5 Å². The zero-order valence-electron chi connectivity index (χ0n) is 15.2. The number of sulfonamides is 1. The fourth-order valence-electron chi connectivity index (χ4n) is 3.10. The minimum absolute atomic E-state index is 0.114. The Morgan fingerprint density at radius 1 is 0.931 bits per heavy atom. The lowest BCUT2D eigenvalue weighted by Gasteiger charge is -2.24. The molecule has 0 spiro atoms. The molecule has 7 nitrogen and oxygen atoms in total. The maximum atomic E-state index is 13.1. The molecule has 0 unspecified atom stereocenters. The maximum Gasteiger partial charge on any atom is 0.307 e. The van der Waals surface area contributed by atoms with Crippen LogP contribution in [0, 0.1) is 17.7 Å². The van der Waals surface area contributed by atoms with E-state index in [1.165, 1.54) is 12.1 Å². The molecule has 2 atom stereocenters. The van der Waals surface area contributed by atoms with Crippen LogP contribution in [0.25, 0.3) is 0 Å². The van der Waals surface area contributed by atoms with Crippen LogP contribution in [0.15, 0.2) is 65.6 Å². The number of amides is 1. The summed E-state index contributed by atoms with van der Waals surface area (Å²) >= 11 is 0. The summed E-state index contributed by atoms with van der Waals surface area (Å²) in [7, 11) is -4.01. The molecule has 152 valence electrons. The Balaban J connectivity index is 1.82. The highest BCUT2D eigenvalue weighted by atomic mass is 32.2. The Kier molecular flexibility index (Phi) is 5.97. The van der Waals surface area contributed by atoms with Crippen molar-refractivity contribution < 1.29 is 27.5 Å². The molecule has 0 aliphatic heterocycles. The molecule has 0 aromatic heterocycles. The Morgan fingerprint density at radius 2 is 1.52 bits per heavy atom. The number of allylic oxidation sites excluding steroid dienone is 2. The summed E-state index contributed by atoms with van der Waals surface area (Å²) in [5.41, 5.74) is 0.310. The summed E-state index contributed by atoms with van der Waals surface area (Å²) in [5.74, 6) is -3.73. The van der Waals surface area contributed by atoms with E-state index < -0.39 is 39.6 Å². The van der Waals surface area contributed by atoms with Gasteiger partial charge < -0.3 is 10.4 Å². The number of carbonyl (C=O) groups is 2. The van der Waals surface area contributed by atoms with Crippen LogP contribution in [0.5, 0.6) is 0 Å². The third-order valence-electron chi connectivity index (χ3n) is 4.64. The second-order valence-corrected chi connectivity index (χ2v) is 8.27. The lowest BCUT2D eigenvalue weighted by atomic mass is 9.82. The zero-order valence-corrected chi connectivity index (χ0v) is 16.0. The topological polar surface area (TPSA) is 113 Å². The van der Waals surface area contributed by atoms with Crippen LogP contribution in [0.3, 0.4) is 0 Å². The highest BCUT2D eigenvalue weighted by Gasteiger charge is 2.34. The van der Waals surface area contributed by atoms with Gasteiger partial charge in [-0.2, -0.15) is 0 Å². The van der Waals surface area contributed by atoms with E-state index in [1.54, 1.807) is 24.3 Å². The lowest BCUT2D eigenvalue weighted by molar-refractivity contribution is -0.146. The van der Waals surface area contributed by atoms with E-state index in [9.17, 15) is 27.5 Å². The Morgan fingerprint density at radius 3 is 2.14 bits per heavy atom. The van der Waals surface area contributed by atoms with Crippen LogP contribution in [0.4, 0.5) is 15.8 Å². The number of rotatable bonds is 6. The number of hydrogen-bond acceptors (Lipinski definition) is 4. The lowest BCUT2D eigenvalue weighted by Crippen LogP contribution is -2.35. The van der Waals surface area contributed by atoms with Crippen molar-refractivity contribution in [2.75, 3.05) is 10.0 Å². The highest BCUT2D eigenvalue weighted by molar-refractivity contribution is 7.92. The predicted octanol–water partition coefficient (Wildman–Crippen LogP) is 3.23. The number of hydrogen-bond donors (Lipinski definition) is 3. The number of carboxylic acid groups (broad SMARTS) is 1. The zero-order chi connectivity index (χ0) is 21.0. The van der Waals surface area contributed by atoms with Gasteiger partial charge in [0.05, 0.1) is 28.1 Å². The van der Waals surface area contributed by atoms with Gasteiger partial charge in [-0.15, -0.1) is 0 Å². The molecule has 0 bridgehead atoms. The standard InChI is InChI=1S/C20H19FN2O5S/c21-13-9-11-14(12-10-13)29(27,28)23-18-8-4-3-7-17(18)22-19(24)15-5-1-2-6-16(15)20(25)26/h1-4,7-12,15-16,23H,5-6H2,(H,22,24)(H,25,26)/t15-,16-/m0/s1. The van der Waals surface area contributed by atoms with Crippen molar-refractivity contribution >= 4 is 33.3 Å². The molecule has 0 saturated heterocycles. The normalized spacial score (nSPS) is 18.8. The van der Waals surface area contributed by atoms with Crippen molar-refractivity contribution in [3.63, 3.8) is 0 Å². The molecule has 0 radical (unpaired) electrons. The third kappa shape index (κ3) is 4.80. The summed E-state index contributed by atoms with van der Waals surface area (Å²) in [6.07, 6.45) is 4.03. The average molecular weight is 418 g/mol. The number of carboxylic acids is 1. The van der Waals surface area contributed by atoms with Gasteiger partial charge in [0.15, 0.2) is 0 Å². The van der Waals surface area contributed by atoms with Gasteiger partial charge in [0.2, 0.25) is 5.91 Å². The first kappa shape index (κ1) is 20.5. The number of anilines is 2. The molecule has 1 aliphatic rings. The molecule has 29 heavy (non-hydrogen) atoms. The van der Waals surface area contributed by atoms with Crippen LogP contribution < -0.4 is 10.0 Å². The fraction of sp³-hybridized carbons (Fsp3) is 0.200. The van der Waals surface area contributed by atoms with E-state index in [2.05, 4.69) is 10.0 Å². The molecule has 1 aliphatic carbocycles. The second kappa shape index (κ2) is 8.44. The molecule has 0 fully saturated rings. The number of aliphatic carboxylic acids is 1. The Hall–Kier alpha value is -3.20. The summed E-state index contributed by atoms with van der Waals surface area (Å²) in [4.78, 5) is 24.0. The molecular weight excluding hydrogens is 399 g/mol. The third-order valence-corrected chi connectivity index (χ3v) is 6.02. The molecular formula is C20H19FN2O5S. The molecule has 2 aromatic rings. The SMILES string of the molecule is O=C(O)[C@H]1CC=CC[C@@H]1C(=O)Nc1ccccc1NS(=O)(=O)c1ccc(F)cc1. The molecule has 3 N–H and O–H groups in total. The number of carbonyl (C=O) groups excluding carboxylic acids is 1. The van der Waals surface area contributed by atoms with E-state index in [1.807, 2.05) is 0 Å². The van der Waals surface area contributed by atoms with Gasteiger partial charge in [-0.25, -0.2) is 12.8 Å². The van der Waals surface area contributed by atoms with E-state index >= 15 is 0 Å². The molecule has 0 saturated carbocycles. The van der Waals surface area contributed by atoms with Gasteiger partial charge in [0, 0.05) is 0 Å². The maximum absolute atomic E-state index is 13.1. The molecule has 1 amide bonds. The van der Waals surface area contributed by atoms with E-state index in [4.69, 9.17) is 0 Å². The van der Waals surface area contributed by atoms with E-state index in [-0.39, 0.29) is 29.1 Å². The van der Waals surface area contributed by atoms with Crippen LogP contribution in [0.1, 0.15) is 12.8 Å². The van der Waals surface area contributed by atoms with Crippen LogP contribution >= 0.6 is 0 Å². The summed E-state index contributed by atoms with van der Waals surface area (Å²) in [6.45, 7) is 0. The van der Waals surface area contributed by atoms with E-state index in [0.717, 1.165) is 24.3 Å². The summed E-state index contributed by atoms with van der Waals surface area (Å²) < 4.78 is 40.6. The van der Waals surface area contributed by atoms with Gasteiger partial charge in [-0.05, 0) is 49.2 Å². The smallest absolute Gasteiger partial charge is 0.307 e. The minimum atomic E-state index is -4.01. The second-order valence-electron chi connectivity index (χ2n) is 6.59. The number of nitrogens with one attached hydrogen (secondary N) is 2. The molecule has 9 heteroatoms. The van der Waals surface area contributed by atoms with Crippen molar-refractivity contribution in [2.24, 2.45) is 11.8 Å². The fourth-order valence-corrected chi connectivity index (χ4v) is 4.18. The number of halogens is 1. The first-order valence-electron chi connectivity index (χ1n) is 8.84. The van der Waals surface area contributed by atoms with E-state index in [0.29, 0.717) is 0 Å². The van der Waals surface area contributed by atoms with Gasteiger partial charge in [0.1, 0.15) is 5.82 Å². The van der Waals surface area contributed by atoms with Crippen LogP contribution in [-0.4, -0.2) is 25.4 Å². The highest BCUT2D eigenvalue weighted by Crippen LogP contribution is 2.30. The summed E-state index contributed by atoms with van der Waals surface area (Å²) in [6, 6.07) is 10.5. The Bertz CT molecular complexity index is 1050. The van der Waals surface area contributed by atoms with Crippen molar-refractivity contribution in [1.29, 1.82) is 0 Å². The molecule has 0 heterocycles. The van der Waals surface area contributed by atoms with Gasteiger partial charge >= 0.3 is 5.97 Å². The largest absolute Gasteiger partial charge is 0.481 e. The van der Waals surface area contributed by atoms with Crippen LogP contribution in [0.2, 0.25) is 0 Å². The molecule has 3 rings (SSSR count). The first-order chi connectivity index (χ1) is 13.8. The predicted molar refractivity (Wildman–Crippen MR) is 105 cm³/mol. The van der Waals surface area contributed by atoms with Gasteiger partial charge in [-0.1, -0.05) is 24.3 Å². The van der Waals surface area contributed by atoms with Crippen molar-refractivity contribution in [1.82, 2.24) is 0 Å². The quantitative estimate of drug-likeness (QED) is 0.624. The van der Waals surface area contributed by atoms with Crippen molar-refractivity contribution in [3.8, 4) is 0 Å². The molecule has 2 aromatic carbocycles. The Labute approximate surface area is 167 Å². The first-order valence-corrected chi connectivity index (χ1v) is 10.3. The minimum Gasteiger partial charge on any atom is -0.481 e. The number of para-hydroxylation sites is 2. The van der Waals surface area contributed by atoms with Crippen LogP contribution in [-0.2, 0) is 19.6 Å². The summed E-state index contributed by atoms with van der Waals surface area (Å²) in [5, 5.41) is 12.0. The number of benzene rings is 2. The van der Waals surface area contributed by atoms with Crippen molar-refractivity contribution in [2.45, 2.75) is 17.7 Å². The van der Waals surface area contributed by atoms with Gasteiger partial charge in [-0.3, -0.25) is 14.3 Å².